The highest BCUT2D eigenvalue weighted by Crippen LogP contribution is 2.21. The summed E-state index contributed by atoms with van der Waals surface area (Å²) in [6, 6.07) is 7.58. The monoisotopic (exact) mass is 293 g/mol. The van der Waals surface area contributed by atoms with Crippen molar-refractivity contribution in [3.05, 3.63) is 46.8 Å². The summed E-state index contributed by atoms with van der Waals surface area (Å²) in [5, 5.41) is 3.02. The second-order valence-corrected chi connectivity index (χ2v) is 4.35. The zero-order valence-corrected chi connectivity index (χ0v) is 10.9. The van der Waals surface area contributed by atoms with Crippen LogP contribution in [-0.2, 0) is 6.54 Å². The molecule has 0 saturated carbocycles. The van der Waals surface area contributed by atoms with Crippen LogP contribution >= 0.6 is 15.9 Å². The minimum atomic E-state index is 0.500. The van der Waals surface area contributed by atoms with E-state index < -0.39 is 0 Å². The Morgan fingerprint density at radius 1 is 1.24 bits per heavy atom. The van der Waals surface area contributed by atoms with Gasteiger partial charge in [-0.3, -0.25) is 4.98 Å². The van der Waals surface area contributed by atoms with Crippen molar-refractivity contribution in [3.63, 3.8) is 0 Å². The van der Waals surface area contributed by atoms with Gasteiger partial charge < -0.3 is 10.1 Å². The third-order valence-corrected chi connectivity index (χ3v) is 2.58. The molecule has 0 atom stereocenters. The fourth-order valence-corrected chi connectivity index (χ4v) is 1.59. The van der Waals surface area contributed by atoms with Crippen LogP contribution < -0.4 is 10.1 Å². The van der Waals surface area contributed by atoms with Gasteiger partial charge in [0.25, 0.3) is 0 Å². The van der Waals surface area contributed by atoms with Crippen LogP contribution in [0.2, 0.25) is 0 Å². The molecule has 1 heterocycles. The lowest BCUT2D eigenvalue weighted by Gasteiger charge is -2.05. The van der Waals surface area contributed by atoms with Crippen molar-refractivity contribution < 1.29 is 4.74 Å². The topological polar surface area (TPSA) is 47.0 Å². The number of aromatic nitrogens is 2. The molecule has 0 amide bonds. The lowest BCUT2D eigenvalue weighted by molar-refractivity contribution is 0.457. The predicted molar refractivity (Wildman–Crippen MR) is 69.0 cm³/mol. The first kappa shape index (κ1) is 12.0. The van der Waals surface area contributed by atoms with E-state index in [1.807, 2.05) is 31.3 Å². The van der Waals surface area contributed by atoms with Gasteiger partial charge in [-0.15, -0.1) is 0 Å². The molecule has 2 rings (SSSR count). The van der Waals surface area contributed by atoms with E-state index in [2.05, 4.69) is 31.2 Å². The summed E-state index contributed by atoms with van der Waals surface area (Å²) in [6.45, 7) is 0.671. The molecule has 1 aromatic heterocycles. The van der Waals surface area contributed by atoms with Crippen molar-refractivity contribution in [1.82, 2.24) is 15.3 Å². The molecule has 0 spiro atoms. The number of rotatable bonds is 4. The highest BCUT2D eigenvalue weighted by molar-refractivity contribution is 9.10. The van der Waals surface area contributed by atoms with Gasteiger partial charge in [-0.25, -0.2) is 4.98 Å². The Morgan fingerprint density at radius 3 is 2.71 bits per heavy atom. The van der Waals surface area contributed by atoms with E-state index in [1.54, 1.807) is 12.4 Å². The van der Waals surface area contributed by atoms with Crippen molar-refractivity contribution in [2.45, 2.75) is 6.54 Å². The van der Waals surface area contributed by atoms with Crippen LogP contribution in [0.1, 0.15) is 5.69 Å². The summed E-state index contributed by atoms with van der Waals surface area (Å²) >= 11 is 3.37. The van der Waals surface area contributed by atoms with E-state index in [0.717, 1.165) is 15.9 Å². The number of hydrogen-bond donors (Lipinski definition) is 1. The molecule has 0 fully saturated rings. The minimum Gasteiger partial charge on any atom is -0.437 e. The molecule has 4 nitrogen and oxygen atoms in total. The molecule has 0 saturated heterocycles. The molecule has 0 aliphatic carbocycles. The van der Waals surface area contributed by atoms with Crippen LogP contribution in [0.4, 0.5) is 0 Å². The summed E-state index contributed by atoms with van der Waals surface area (Å²) in [4.78, 5) is 8.40. The van der Waals surface area contributed by atoms with Crippen LogP contribution in [0, 0.1) is 0 Å². The summed E-state index contributed by atoms with van der Waals surface area (Å²) in [5.41, 5.74) is 0.849. The summed E-state index contributed by atoms with van der Waals surface area (Å²) < 4.78 is 6.61. The van der Waals surface area contributed by atoms with E-state index in [0.29, 0.717) is 12.4 Å². The zero-order chi connectivity index (χ0) is 12.1. The van der Waals surface area contributed by atoms with Gasteiger partial charge in [-0.2, -0.15) is 0 Å². The normalized spacial score (nSPS) is 10.2. The first-order valence-corrected chi connectivity index (χ1v) is 5.96. The smallest absolute Gasteiger partial charge is 0.238 e. The number of nitrogens with zero attached hydrogens (tertiary/aromatic N) is 2. The van der Waals surface area contributed by atoms with Crippen molar-refractivity contribution in [2.75, 3.05) is 7.05 Å². The molecule has 17 heavy (non-hydrogen) atoms. The SMILES string of the molecule is CNCc1cncc(Oc2ccc(Br)cc2)n1. The maximum absolute atomic E-state index is 5.60. The standard InChI is InChI=1S/C12H12BrN3O/c1-14-6-10-7-15-8-12(16-10)17-11-4-2-9(13)3-5-11/h2-5,7-8,14H,6H2,1H3. The van der Waals surface area contributed by atoms with Gasteiger partial charge in [0.05, 0.1) is 11.9 Å². The summed E-state index contributed by atoms with van der Waals surface area (Å²) in [7, 11) is 1.87. The molecule has 0 aliphatic rings. The fourth-order valence-electron chi connectivity index (χ4n) is 1.33. The van der Waals surface area contributed by atoms with E-state index in [4.69, 9.17) is 4.74 Å². The quantitative estimate of drug-likeness (QED) is 0.942. The van der Waals surface area contributed by atoms with E-state index in [9.17, 15) is 0 Å². The van der Waals surface area contributed by atoms with Crippen LogP contribution in [0.3, 0.4) is 0 Å². The van der Waals surface area contributed by atoms with E-state index >= 15 is 0 Å². The fraction of sp³-hybridized carbons (Fsp3) is 0.167. The highest BCUT2D eigenvalue weighted by atomic mass is 79.9. The molecule has 5 heteroatoms. The molecule has 0 bridgehead atoms. The Hall–Kier alpha value is -1.46. The Kier molecular flexibility index (Phi) is 4.06. The number of benzene rings is 1. The van der Waals surface area contributed by atoms with Gasteiger partial charge in [0, 0.05) is 17.2 Å². The van der Waals surface area contributed by atoms with Gasteiger partial charge in [-0.1, -0.05) is 15.9 Å². The third-order valence-electron chi connectivity index (χ3n) is 2.06. The molecular weight excluding hydrogens is 282 g/mol. The lowest BCUT2D eigenvalue weighted by atomic mass is 10.3. The number of ether oxygens (including phenoxy) is 1. The largest absolute Gasteiger partial charge is 0.437 e. The van der Waals surface area contributed by atoms with Crippen LogP contribution in [-0.4, -0.2) is 17.0 Å². The molecule has 0 radical (unpaired) electrons. The van der Waals surface area contributed by atoms with Gasteiger partial charge in [-0.05, 0) is 31.3 Å². The van der Waals surface area contributed by atoms with E-state index in [-0.39, 0.29) is 0 Å². The average molecular weight is 294 g/mol. The first-order valence-electron chi connectivity index (χ1n) is 5.17. The van der Waals surface area contributed by atoms with Crippen molar-refractivity contribution in [1.29, 1.82) is 0 Å². The second-order valence-electron chi connectivity index (χ2n) is 3.43. The van der Waals surface area contributed by atoms with Gasteiger partial charge >= 0.3 is 0 Å². The number of nitrogens with one attached hydrogen (secondary N) is 1. The predicted octanol–water partition coefficient (Wildman–Crippen LogP) is 2.75. The Labute approximate surface area is 108 Å². The Morgan fingerprint density at radius 2 is 2.00 bits per heavy atom. The maximum atomic E-state index is 5.60. The third kappa shape index (κ3) is 3.51. The Balaban J connectivity index is 2.12. The molecule has 1 N–H and O–H groups in total. The maximum Gasteiger partial charge on any atom is 0.238 e. The number of halogens is 1. The zero-order valence-electron chi connectivity index (χ0n) is 9.35. The van der Waals surface area contributed by atoms with E-state index in [1.165, 1.54) is 0 Å². The van der Waals surface area contributed by atoms with Crippen molar-refractivity contribution >= 4 is 15.9 Å². The number of hydrogen-bond acceptors (Lipinski definition) is 4. The lowest BCUT2D eigenvalue weighted by Crippen LogP contribution is -2.07. The highest BCUT2D eigenvalue weighted by Gasteiger charge is 2.01. The molecule has 1 aromatic carbocycles. The first-order chi connectivity index (χ1) is 8.28. The van der Waals surface area contributed by atoms with Crippen molar-refractivity contribution in [2.24, 2.45) is 0 Å². The van der Waals surface area contributed by atoms with Crippen LogP contribution in [0.15, 0.2) is 41.1 Å². The Bertz CT molecular complexity index is 487. The molecule has 2 aromatic rings. The van der Waals surface area contributed by atoms with Crippen LogP contribution in [0.25, 0.3) is 0 Å². The second kappa shape index (κ2) is 5.75. The molecular formula is C12H12BrN3O. The summed E-state index contributed by atoms with van der Waals surface area (Å²) in [6.07, 6.45) is 3.31. The van der Waals surface area contributed by atoms with Crippen LogP contribution in [0.5, 0.6) is 11.6 Å². The minimum absolute atomic E-state index is 0.500. The summed E-state index contributed by atoms with van der Waals surface area (Å²) in [5.74, 6) is 1.24. The average Bonchev–Trinajstić information content (AvgIpc) is 2.33. The molecule has 88 valence electrons. The van der Waals surface area contributed by atoms with Gasteiger partial charge in [0.1, 0.15) is 5.75 Å². The van der Waals surface area contributed by atoms with Crippen molar-refractivity contribution in [3.8, 4) is 11.6 Å². The van der Waals surface area contributed by atoms with Gasteiger partial charge in [0.15, 0.2) is 0 Å². The van der Waals surface area contributed by atoms with Gasteiger partial charge in [0.2, 0.25) is 5.88 Å². The molecule has 0 aliphatic heterocycles. The molecule has 0 unspecified atom stereocenters.